The first kappa shape index (κ1) is 26.1. The minimum Gasteiger partial charge on any atom is -0.493 e. The van der Waals surface area contributed by atoms with Gasteiger partial charge in [-0.2, -0.15) is 0 Å². The normalized spacial score (nSPS) is 14.8. The van der Waals surface area contributed by atoms with E-state index in [9.17, 15) is 23.5 Å². The van der Waals surface area contributed by atoms with Gasteiger partial charge in [-0.05, 0) is 25.1 Å². The van der Waals surface area contributed by atoms with Crippen LogP contribution in [0.2, 0.25) is 5.02 Å². The number of methoxy groups -OCH3 is 1. The molecule has 1 aromatic heterocycles. The molecule has 0 aliphatic carbocycles. The first-order valence-corrected chi connectivity index (χ1v) is 11.7. The number of nitrogens with one attached hydrogen (secondary N) is 1. The molecule has 0 amide bonds. The molecule has 0 unspecified atom stereocenters. The van der Waals surface area contributed by atoms with Crippen LogP contribution in [-0.2, 0) is 9.59 Å². The smallest absolute Gasteiger partial charge is 0.352 e. The van der Waals surface area contributed by atoms with Crippen LogP contribution in [0.3, 0.4) is 0 Å². The fraction of sp³-hybridized carbons (Fsp3) is 0.280. The Kier molecular flexibility index (Phi) is 7.72. The van der Waals surface area contributed by atoms with Gasteiger partial charge < -0.3 is 24.8 Å². The van der Waals surface area contributed by atoms with Crippen molar-refractivity contribution in [1.82, 2.24) is 14.9 Å². The lowest BCUT2D eigenvalue weighted by Gasteiger charge is -2.34. The van der Waals surface area contributed by atoms with E-state index in [1.807, 2.05) is 0 Å². The number of rotatable bonds is 8. The molecule has 1 fully saturated rings. The van der Waals surface area contributed by atoms with Gasteiger partial charge in [0.1, 0.15) is 41.1 Å². The summed E-state index contributed by atoms with van der Waals surface area (Å²) in [7, 11) is 1.49. The van der Waals surface area contributed by atoms with E-state index in [0.29, 0.717) is 54.6 Å². The molecular formula is C25H23ClF2N4O5. The van der Waals surface area contributed by atoms with Crippen molar-refractivity contribution in [2.24, 2.45) is 0 Å². The predicted molar refractivity (Wildman–Crippen MR) is 132 cm³/mol. The van der Waals surface area contributed by atoms with Gasteiger partial charge in [0, 0.05) is 43.0 Å². The summed E-state index contributed by atoms with van der Waals surface area (Å²) >= 11 is 5.70. The summed E-state index contributed by atoms with van der Waals surface area (Å²) in [5, 5.41) is 12.2. The van der Waals surface area contributed by atoms with Gasteiger partial charge >= 0.3 is 5.97 Å². The van der Waals surface area contributed by atoms with Crippen LogP contribution >= 0.6 is 11.6 Å². The Hall–Kier alpha value is -3.99. The number of carboxylic acids is 1. The van der Waals surface area contributed by atoms with E-state index in [0.717, 1.165) is 6.07 Å². The zero-order chi connectivity index (χ0) is 26.7. The highest BCUT2D eigenvalue weighted by Gasteiger charge is 2.27. The number of nitrogens with zero attached hydrogens (tertiary/aromatic N) is 3. The number of piperidine rings is 1. The quantitative estimate of drug-likeness (QED) is 0.242. The lowest BCUT2D eigenvalue weighted by Crippen LogP contribution is -2.40. The number of aromatic nitrogens is 2. The second-order valence-electron chi connectivity index (χ2n) is 8.35. The number of likely N-dealkylation sites (tertiary alicyclic amines) is 1. The summed E-state index contributed by atoms with van der Waals surface area (Å²) in [6, 6.07) is 5.57. The van der Waals surface area contributed by atoms with Crippen LogP contribution in [0.25, 0.3) is 10.9 Å². The Morgan fingerprint density at radius 1 is 1.22 bits per heavy atom. The van der Waals surface area contributed by atoms with Gasteiger partial charge in [0.25, 0.3) is 0 Å². The molecule has 194 valence electrons. The number of benzene rings is 2. The van der Waals surface area contributed by atoms with Crippen molar-refractivity contribution in [3.63, 3.8) is 0 Å². The third-order valence-corrected chi connectivity index (χ3v) is 6.36. The first-order chi connectivity index (χ1) is 17.7. The maximum absolute atomic E-state index is 14.5. The van der Waals surface area contributed by atoms with E-state index in [1.54, 1.807) is 17.0 Å². The lowest BCUT2D eigenvalue weighted by molar-refractivity contribution is -0.135. The standard InChI is InChI=1S/C25H23ClF2N4O5/c1-13(11-33)23(25(34)35)32-7-5-14(6-8-32)37-20-9-15-18(10-19(20)36-2)29-12-30-24(15)31-17-4-3-16(27)21(26)22(17)28/h3-4,9-12,14H,5-8H2,1-2H3,(H,34,35)(H,29,30,31)/b23-13-. The summed E-state index contributed by atoms with van der Waals surface area (Å²) in [5.74, 6) is -1.94. The molecule has 0 radical (unpaired) electrons. The number of fused-ring (bicyclic) bond motifs is 1. The predicted octanol–water partition coefficient (Wildman–Crippen LogP) is 4.71. The average molecular weight is 533 g/mol. The minimum absolute atomic E-state index is 0.0160. The molecule has 2 heterocycles. The maximum atomic E-state index is 14.5. The van der Waals surface area contributed by atoms with Gasteiger partial charge in [0.15, 0.2) is 17.3 Å². The summed E-state index contributed by atoms with van der Waals surface area (Å²) in [4.78, 5) is 32.8. The van der Waals surface area contributed by atoms with E-state index in [2.05, 4.69) is 15.3 Å². The number of carboxylic acid groups (broad SMARTS) is 1. The number of aliphatic carboxylic acids is 1. The van der Waals surface area contributed by atoms with Crippen molar-refractivity contribution in [3.8, 4) is 11.5 Å². The molecule has 0 bridgehead atoms. The Labute approximate surface area is 215 Å². The van der Waals surface area contributed by atoms with Crippen molar-refractivity contribution < 1.29 is 33.0 Å². The SMILES string of the molecule is COc1cc2ncnc(Nc3ccc(F)c(Cl)c3F)c2cc1OC1CCN(/C(C(=O)O)=C(/C)C=O)CC1. The summed E-state index contributed by atoms with van der Waals surface area (Å²) in [5.41, 5.74) is 0.565. The third kappa shape index (κ3) is 5.41. The number of carbonyl (C=O) groups excluding carboxylic acids is 1. The molecule has 37 heavy (non-hydrogen) atoms. The molecule has 0 saturated carbocycles. The Bertz CT molecular complexity index is 1390. The van der Waals surface area contributed by atoms with Crippen molar-refractivity contribution in [2.45, 2.75) is 25.9 Å². The first-order valence-electron chi connectivity index (χ1n) is 11.3. The molecule has 3 aromatic rings. The Balaban J connectivity index is 1.59. The highest BCUT2D eigenvalue weighted by atomic mass is 35.5. The number of hydrogen-bond acceptors (Lipinski definition) is 8. The number of halogens is 3. The highest BCUT2D eigenvalue weighted by Crippen LogP contribution is 2.37. The van der Waals surface area contributed by atoms with Crippen molar-refractivity contribution in [2.75, 3.05) is 25.5 Å². The third-order valence-electron chi connectivity index (χ3n) is 6.01. The van der Waals surface area contributed by atoms with E-state index in [1.165, 1.54) is 26.4 Å². The molecular weight excluding hydrogens is 510 g/mol. The Morgan fingerprint density at radius 3 is 2.59 bits per heavy atom. The monoisotopic (exact) mass is 532 g/mol. The molecule has 1 aliphatic heterocycles. The van der Waals surface area contributed by atoms with Gasteiger partial charge in [-0.1, -0.05) is 11.6 Å². The van der Waals surface area contributed by atoms with Crippen LogP contribution in [0.5, 0.6) is 11.5 Å². The molecule has 4 rings (SSSR count). The fourth-order valence-corrected chi connectivity index (χ4v) is 4.32. The van der Waals surface area contributed by atoms with E-state index >= 15 is 0 Å². The van der Waals surface area contributed by atoms with Gasteiger partial charge in [-0.25, -0.2) is 23.5 Å². The second-order valence-corrected chi connectivity index (χ2v) is 8.73. The maximum Gasteiger partial charge on any atom is 0.352 e. The number of hydrogen-bond donors (Lipinski definition) is 2. The van der Waals surface area contributed by atoms with Crippen molar-refractivity contribution in [3.05, 3.63) is 58.5 Å². The van der Waals surface area contributed by atoms with Crippen LogP contribution in [0.15, 0.2) is 41.9 Å². The number of ether oxygens (including phenoxy) is 2. The second kappa shape index (κ2) is 11.0. The molecule has 1 aliphatic rings. The van der Waals surface area contributed by atoms with Crippen LogP contribution < -0.4 is 14.8 Å². The molecule has 2 N–H and O–H groups in total. The summed E-state index contributed by atoms with van der Waals surface area (Å²) in [6.45, 7) is 2.24. The summed E-state index contributed by atoms with van der Waals surface area (Å²) in [6.07, 6.45) is 2.56. The van der Waals surface area contributed by atoms with E-state index in [-0.39, 0.29) is 28.9 Å². The van der Waals surface area contributed by atoms with Crippen LogP contribution in [0, 0.1) is 11.6 Å². The zero-order valence-corrected chi connectivity index (χ0v) is 20.7. The number of aldehydes is 1. The molecule has 12 heteroatoms. The van der Waals surface area contributed by atoms with Gasteiger partial charge in [0.05, 0.1) is 18.3 Å². The average Bonchev–Trinajstić information content (AvgIpc) is 2.89. The zero-order valence-electron chi connectivity index (χ0n) is 19.9. The molecule has 2 aromatic carbocycles. The van der Waals surface area contributed by atoms with Crippen molar-refractivity contribution >= 4 is 46.3 Å². The van der Waals surface area contributed by atoms with Crippen LogP contribution in [0.1, 0.15) is 19.8 Å². The van der Waals surface area contributed by atoms with E-state index in [4.69, 9.17) is 21.1 Å². The van der Waals surface area contributed by atoms with Gasteiger partial charge in [0.2, 0.25) is 0 Å². The molecule has 0 spiro atoms. The molecule has 0 atom stereocenters. The number of allylic oxidation sites excluding steroid dienone is 1. The summed E-state index contributed by atoms with van der Waals surface area (Å²) < 4.78 is 39.7. The number of anilines is 2. The van der Waals surface area contributed by atoms with Gasteiger partial charge in [-0.3, -0.25) is 4.79 Å². The van der Waals surface area contributed by atoms with Crippen LogP contribution in [-0.4, -0.2) is 58.5 Å². The van der Waals surface area contributed by atoms with Crippen molar-refractivity contribution in [1.29, 1.82) is 0 Å². The largest absolute Gasteiger partial charge is 0.493 e. The molecule has 9 nitrogen and oxygen atoms in total. The lowest BCUT2D eigenvalue weighted by atomic mass is 10.1. The number of carbonyl (C=O) groups is 2. The van der Waals surface area contributed by atoms with E-state index < -0.39 is 22.6 Å². The highest BCUT2D eigenvalue weighted by molar-refractivity contribution is 6.31. The van der Waals surface area contributed by atoms with Crippen LogP contribution in [0.4, 0.5) is 20.3 Å². The topological polar surface area (TPSA) is 114 Å². The minimum atomic E-state index is -1.15. The fourth-order valence-electron chi connectivity index (χ4n) is 4.15. The Morgan fingerprint density at radius 2 is 1.95 bits per heavy atom. The van der Waals surface area contributed by atoms with Gasteiger partial charge in [-0.15, -0.1) is 0 Å². The molecule has 1 saturated heterocycles.